The van der Waals surface area contributed by atoms with Crippen molar-refractivity contribution in [3.63, 3.8) is 0 Å². The van der Waals surface area contributed by atoms with E-state index in [-0.39, 0.29) is 12.5 Å². The highest BCUT2D eigenvalue weighted by atomic mass is 32.1. The van der Waals surface area contributed by atoms with Gasteiger partial charge in [0.15, 0.2) is 6.10 Å². The Bertz CT molecular complexity index is 1400. The molecule has 0 fully saturated rings. The van der Waals surface area contributed by atoms with E-state index >= 15 is 0 Å². The molecule has 2 amide bonds. The first-order valence-corrected chi connectivity index (χ1v) is 14.7. The second-order valence-electron chi connectivity index (χ2n) is 9.53. The first-order valence-electron chi connectivity index (χ1n) is 13.8. The van der Waals surface area contributed by atoms with Gasteiger partial charge in [-0.25, -0.2) is 10.2 Å². The van der Waals surface area contributed by atoms with Gasteiger partial charge in [-0.15, -0.1) is 11.3 Å². The molecule has 0 radical (unpaired) electrons. The van der Waals surface area contributed by atoms with E-state index in [0.717, 1.165) is 53.9 Å². The monoisotopic (exact) mass is 577 g/mol. The third kappa shape index (κ3) is 7.94. The van der Waals surface area contributed by atoms with Gasteiger partial charge in [0.1, 0.15) is 16.5 Å². The first-order chi connectivity index (χ1) is 19.9. The third-order valence-electron chi connectivity index (χ3n) is 6.40. The van der Waals surface area contributed by atoms with E-state index in [2.05, 4.69) is 15.8 Å². The number of fused-ring (bicyclic) bond motifs is 1. The minimum atomic E-state index is -0.823. The van der Waals surface area contributed by atoms with Crippen LogP contribution in [0.4, 0.5) is 5.00 Å². The zero-order valence-corrected chi connectivity index (χ0v) is 24.3. The Hall–Kier alpha value is -4.18. The van der Waals surface area contributed by atoms with E-state index in [4.69, 9.17) is 14.2 Å². The molecule has 0 saturated carbocycles. The summed E-state index contributed by atoms with van der Waals surface area (Å²) in [5, 5.41) is 7.43. The van der Waals surface area contributed by atoms with E-state index in [0.29, 0.717) is 28.5 Å². The molecule has 1 heterocycles. The molecule has 216 valence electrons. The molecule has 1 aromatic heterocycles. The van der Waals surface area contributed by atoms with Gasteiger partial charge in [-0.05, 0) is 93.5 Å². The number of rotatable bonds is 12. The zero-order valence-electron chi connectivity index (χ0n) is 23.5. The van der Waals surface area contributed by atoms with Crippen LogP contribution in [-0.4, -0.2) is 43.3 Å². The van der Waals surface area contributed by atoms with Crippen molar-refractivity contribution in [1.82, 2.24) is 5.43 Å². The predicted octanol–water partition coefficient (Wildman–Crippen LogP) is 5.76. The minimum absolute atomic E-state index is 0.267. The van der Waals surface area contributed by atoms with E-state index < -0.39 is 18.0 Å². The fourth-order valence-electron chi connectivity index (χ4n) is 4.36. The molecule has 0 aliphatic heterocycles. The van der Waals surface area contributed by atoms with Crippen LogP contribution in [0.5, 0.6) is 11.5 Å². The van der Waals surface area contributed by atoms with Gasteiger partial charge in [0.05, 0.1) is 25.0 Å². The Morgan fingerprint density at radius 2 is 1.83 bits per heavy atom. The van der Waals surface area contributed by atoms with Crippen LogP contribution in [0.25, 0.3) is 0 Å². The number of benzene rings is 2. The summed E-state index contributed by atoms with van der Waals surface area (Å²) in [6, 6.07) is 13.9. The molecule has 0 spiro atoms. The van der Waals surface area contributed by atoms with Crippen LogP contribution in [0.1, 0.15) is 76.8 Å². The highest BCUT2D eigenvalue weighted by molar-refractivity contribution is 7.17. The normalized spacial score (nSPS) is 13.2. The number of nitrogens with one attached hydrogen (secondary N) is 2. The second kappa shape index (κ2) is 14.5. The molecule has 0 bridgehead atoms. The molecule has 10 heteroatoms. The van der Waals surface area contributed by atoms with Gasteiger partial charge in [0.25, 0.3) is 11.8 Å². The maximum absolute atomic E-state index is 13.0. The second-order valence-corrected chi connectivity index (χ2v) is 10.6. The number of hydrogen-bond acceptors (Lipinski definition) is 8. The summed E-state index contributed by atoms with van der Waals surface area (Å²) in [5.41, 5.74) is 5.13. The molecule has 1 aliphatic rings. The van der Waals surface area contributed by atoms with Crippen molar-refractivity contribution < 1.29 is 28.6 Å². The molecule has 3 aromatic rings. The van der Waals surface area contributed by atoms with Gasteiger partial charge in [-0.1, -0.05) is 19.1 Å². The number of nitrogens with zero attached hydrogens (tertiary/aromatic N) is 1. The quantitative estimate of drug-likeness (QED) is 0.161. The Kier molecular flexibility index (Phi) is 10.5. The summed E-state index contributed by atoms with van der Waals surface area (Å²) >= 11 is 1.44. The van der Waals surface area contributed by atoms with Crippen molar-refractivity contribution in [2.75, 3.05) is 18.5 Å². The number of ether oxygens (including phenoxy) is 3. The van der Waals surface area contributed by atoms with Crippen LogP contribution in [0.3, 0.4) is 0 Å². The average molecular weight is 578 g/mol. The van der Waals surface area contributed by atoms with E-state index in [9.17, 15) is 14.4 Å². The lowest BCUT2D eigenvalue weighted by Crippen LogP contribution is -2.33. The molecular weight excluding hydrogens is 542 g/mol. The van der Waals surface area contributed by atoms with Crippen molar-refractivity contribution in [2.45, 2.75) is 59.0 Å². The van der Waals surface area contributed by atoms with Gasteiger partial charge in [-0.3, -0.25) is 9.59 Å². The number of thiophene rings is 1. The number of carbonyl (C=O) groups excluding carboxylic acids is 3. The van der Waals surface area contributed by atoms with Crippen LogP contribution in [-0.2, 0) is 22.4 Å². The van der Waals surface area contributed by atoms with Gasteiger partial charge >= 0.3 is 5.97 Å². The number of carbonyl (C=O) groups is 3. The molecule has 9 nitrogen and oxygen atoms in total. The van der Waals surface area contributed by atoms with Gasteiger partial charge in [0, 0.05) is 10.4 Å². The number of amides is 2. The van der Waals surface area contributed by atoms with Gasteiger partial charge in [-0.2, -0.15) is 5.10 Å². The Morgan fingerprint density at radius 3 is 2.59 bits per heavy atom. The SMILES string of the molecule is CCCOc1cccc(/C=N\NC(=O)[C@@H](C)Oc2ccc(C(=O)Nc3sc4c(c3C(=O)OCC)CCCC4)cc2)c1. The maximum Gasteiger partial charge on any atom is 0.341 e. The molecule has 0 unspecified atom stereocenters. The fourth-order valence-corrected chi connectivity index (χ4v) is 5.63. The lowest BCUT2D eigenvalue weighted by molar-refractivity contribution is -0.127. The van der Waals surface area contributed by atoms with Crippen LogP contribution in [0.15, 0.2) is 53.6 Å². The lowest BCUT2D eigenvalue weighted by atomic mass is 9.95. The summed E-state index contributed by atoms with van der Waals surface area (Å²) in [5.74, 6) is -0.00526. The summed E-state index contributed by atoms with van der Waals surface area (Å²) < 4.78 is 16.6. The predicted molar refractivity (Wildman–Crippen MR) is 159 cm³/mol. The molecule has 1 aliphatic carbocycles. The standard InChI is InChI=1S/C31H35N3O6S/c1-4-17-39-24-10-8-9-21(18-24)19-32-34-28(35)20(3)40-23-15-13-22(14-16-23)29(36)33-30-27(31(37)38-5-2)25-11-6-7-12-26(25)41-30/h8-10,13-16,18-20H,4-7,11-12,17H2,1-3H3,(H,33,36)(H,34,35)/b32-19-/t20-/m1/s1. The van der Waals surface area contributed by atoms with Crippen molar-refractivity contribution in [1.29, 1.82) is 0 Å². The van der Waals surface area contributed by atoms with Crippen molar-refractivity contribution in [3.8, 4) is 11.5 Å². The lowest BCUT2D eigenvalue weighted by Gasteiger charge is -2.13. The molecule has 2 N–H and O–H groups in total. The largest absolute Gasteiger partial charge is 0.494 e. The van der Waals surface area contributed by atoms with Crippen LogP contribution < -0.4 is 20.2 Å². The smallest absolute Gasteiger partial charge is 0.341 e. The molecule has 0 saturated heterocycles. The molecule has 41 heavy (non-hydrogen) atoms. The van der Waals surface area contributed by atoms with E-state index in [1.165, 1.54) is 17.6 Å². The highest BCUT2D eigenvalue weighted by Crippen LogP contribution is 2.38. The van der Waals surface area contributed by atoms with Gasteiger partial charge < -0.3 is 19.5 Å². The Morgan fingerprint density at radius 1 is 1.05 bits per heavy atom. The van der Waals surface area contributed by atoms with Gasteiger partial charge in [0.2, 0.25) is 0 Å². The van der Waals surface area contributed by atoms with Crippen LogP contribution in [0, 0.1) is 0 Å². The zero-order chi connectivity index (χ0) is 29.2. The Labute approximate surface area is 243 Å². The number of hydrazone groups is 1. The summed E-state index contributed by atoms with van der Waals surface area (Å²) in [6.45, 7) is 6.31. The Balaban J connectivity index is 1.33. The number of esters is 1. The van der Waals surface area contributed by atoms with Crippen molar-refractivity contribution >= 4 is 40.3 Å². The highest BCUT2D eigenvalue weighted by Gasteiger charge is 2.27. The van der Waals surface area contributed by atoms with E-state index in [1.54, 1.807) is 38.1 Å². The summed E-state index contributed by atoms with van der Waals surface area (Å²) in [4.78, 5) is 39.3. The molecule has 2 aromatic carbocycles. The molecule has 1 atom stereocenters. The molecule has 4 rings (SSSR count). The minimum Gasteiger partial charge on any atom is -0.494 e. The fraction of sp³-hybridized carbons (Fsp3) is 0.355. The maximum atomic E-state index is 13.0. The van der Waals surface area contributed by atoms with Crippen molar-refractivity contribution in [3.05, 3.63) is 75.7 Å². The summed E-state index contributed by atoms with van der Waals surface area (Å²) in [7, 11) is 0. The third-order valence-corrected chi connectivity index (χ3v) is 7.60. The topological polar surface area (TPSA) is 115 Å². The average Bonchev–Trinajstić information content (AvgIpc) is 3.34. The summed E-state index contributed by atoms with van der Waals surface area (Å²) in [6.07, 6.45) is 5.40. The number of anilines is 1. The van der Waals surface area contributed by atoms with E-state index in [1.807, 2.05) is 31.2 Å². The number of aryl methyl sites for hydroxylation is 1. The van der Waals surface area contributed by atoms with Crippen LogP contribution in [0.2, 0.25) is 0 Å². The van der Waals surface area contributed by atoms with Crippen LogP contribution >= 0.6 is 11.3 Å². The van der Waals surface area contributed by atoms with Crippen molar-refractivity contribution in [2.24, 2.45) is 5.10 Å². The first kappa shape index (κ1) is 29.8. The number of hydrogen-bond donors (Lipinski definition) is 2. The molecular formula is C31H35N3O6S.